The second-order valence-corrected chi connectivity index (χ2v) is 3.47. The van der Waals surface area contributed by atoms with Gasteiger partial charge in [-0.1, -0.05) is 18.5 Å². The second kappa shape index (κ2) is 4.02. The van der Waals surface area contributed by atoms with Gasteiger partial charge in [0.2, 0.25) is 0 Å². The molecule has 0 fully saturated rings. The molecule has 1 unspecified atom stereocenters. The lowest BCUT2D eigenvalue weighted by Gasteiger charge is -2.06. The van der Waals surface area contributed by atoms with Crippen molar-refractivity contribution in [2.75, 3.05) is 5.75 Å². The van der Waals surface area contributed by atoms with Crippen LogP contribution in [-0.2, 0) is 6.54 Å². The number of thiol groups is 1. The average Bonchev–Trinajstić information content (AvgIpc) is 2.35. The van der Waals surface area contributed by atoms with Crippen molar-refractivity contribution in [2.45, 2.75) is 13.5 Å². The monoisotopic (exact) mass is 190 g/mol. The lowest BCUT2D eigenvalue weighted by atomic mass is 10.2. The summed E-state index contributed by atoms with van der Waals surface area (Å²) in [4.78, 5) is 0. The molecule has 1 rings (SSSR count). The van der Waals surface area contributed by atoms with E-state index >= 15 is 0 Å². The lowest BCUT2D eigenvalue weighted by molar-refractivity contribution is 0.490. The fourth-order valence-electron chi connectivity index (χ4n) is 0.815. The highest BCUT2D eigenvalue weighted by Gasteiger charge is 2.01. The van der Waals surface area contributed by atoms with Crippen LogP contribution >= 0.6 is 24.2 Å². The van der Waals surface area contributed by atoms with E-state index in [1.165, 1.54) is 0 Å². The predicted molar refractivity (Wildman–Crippen MR) is 50.3 cm³/mol. The Hall–Kier alpha value is -0.150. The lowest BCUT2D eigenvalue weighted by Crippen LogP contribution is -2.08. The van der Waals surface area contributed by atoms with Gasteiger partial charge in [0.25, 0.3) is 0 Å². The van der Waals surface area contributed by atoms with E-state index in [0.717, 1.165) is 12.3 Å². The van der Waals surface area contributed by atoms with Crippen molar-refractivity contribution >= 4 is 24.2 Å². The van der Waals surface area contributed by atoms with Crippen LogP contribution in [0.1, 0.15) is 6.92 Å². The zero-order valence-electron chi connectivity index (χ0n) is 6.37. The number of nitrogens with zero attached hydrogens (tertiary/aromatic N) is 2. The van der Waals surface area contributed by atoms with Crippen LogP contribution in [0.25, 0.3) is 0 Å². The van der Waals surface area contributed by atoms with Crippen molar-refractivity contribution in [3.05, 3.63) is 17.4 Å². The first kappa shape index (κ1) is 8.94. The van der Waals surface area contributed by atoms with E-state index in [9.17, 15) is 0 Å². The van der Waals surface area contributed by atoms with E-state index in [1.807, 2.05) is 10.9 Å². The Labute approximate surface area is 77.0 Å². The predicted octanol–water partition coefficient (Wildman–Crippen LogP) is 2.10. The van der Waals surface area contributed by atoms with Crippen molar-refractivity contribution in [3.8, 4) is 0 Å². The quantitative estimate of drug-likeness (QED) is 0.723. The first-order valence-electron chi connectivity index (χ1n) is 3.51. The molecule has 0 bridgehead atoms. The topological polar surface area (TPSA) is 17.8 Å². The van der Waals surface area contributed by atoms with E-state index < -0.39 is 0 Å². The molecule has 1 aromatic heterocycles. The van der Waals surface area contributed by atoms with Gasteiger partial charge in [-0.05, 0) is 11.7 Å². The molecule has 0 amide bonds. The number of rotatable bonds is 3. The van der Waals surface area contributed by atoms with Gasteiger partial charge >= 0.3 is 0 Å². The molecule has 1 heterocycles. The van der Waals surface area contributed by atoms with Crippen LogP contribution in [0, 0.1) is 5.92 Å². The third-order valence-corrected chi connectivity index (χ3v) is 2.23. The van der Waals surface area contributed by atoms with Crippen molar-refractivity contribution in [3.63, 3.8) is 0 Å². The number of halogens is 1. The molecule has 11 heavy (non-hydrogen) atoms. The number of hydrogen-bond donors (Lipinski definition) is 1. The van der Waals surface area contributed by atoms with E-state index in [0.29, 0.717) is 10.9 Å². The molecule has 0 aromatic carbocycles. The summed E-state index contributed by atoms with van der Waals surface area (Å²) in [7, 11) is 0. The van der Waals surface area contributed by atoms with Gasteiger partial charge in [0.15, 0.2) is 0 Å². The Kier molecular flexibility index (Phi) is 3.27. The molecule has 1 atom stereocenters. The Balaban J connectivity index is 2.50. The molecule has 0 saturated carbocycles. The molecule has 0 N–H and O–H groups in total. The van der Waals surface area contributed by atoms with Crippen molar-refractivity contribution in [1.29, 1.82) is 0 Å². The van der Waals surface area contributed by atoms with Crippen LogP contribution in [0.3, 0.4) is 0 Å². The number of hydrogen-bond acceptors (Lipinski definition) is 2. The first-order chi connectivity index (χ1) is 5.22. The van der Waals surface area contributed by atoms with E-state index in [-0.39, 0.29) is 0 Å². The molecule has 1 aromatic rings. The average molecular weight is 191 g/mol. The van der Waals surface area contributed by atoms with Crippen LogP contribution < -0.4 is 0 Å². The third kappa shape index (κ3) is 2.75. The van der Waals surface area contributed by atoms with Crippen molar-refractivity contribution in [1.82, 2.24) is 9.78 Å². The van der Waals surface area contributed by atoms with Gasteiger partial charge in [-0.25, -0.2) is 0 Å². The highest BCUT2D eigenvalue weighted by molar-refractivity contribution is 7.80. The minimum atomic E-state index is 0.536. The fourth-order valence-corrected chi connectivity index (χ4v) is 1.09. The Morgan fingerprint density at radius 2 is 2.55 bits per heavy atom. The Bertz CT molecular complexity index is 224. The van der Waals surface area contributed by atoms with Crippen molar-refractivity contribution < 1.29 is 0 Å². The maximum atomic E-state index is 5.68. The maximum absolute atomic E-state index is 5.68. The minimum absolute atomic E-state index is 0.536. The van der Waals surface area contributed by atoms with Crippen LogP contribution in [0.5, 0.6) is 0 Å². The van der Waals surface area contributed by atoms with Crippen LogP contribution in [0.4, 0.5) is 0 Å². The SMILES string of the molecule is CC(CS)Cn1cc(Cl)cn1. The van der Waals surface area contributed by atoms with Gasteiger partial charge in [-0.2, -0.15) is 17.7 Å². The van der Waals surface area contributed by atoms with Crippen molar-refractivity contribution in [2.24, 2.45) is 5.92 Å². The molecule has 4 heteroatoms. The first-order valence-corrected chi connectivity index (χ1v) is 4.52. The summed E-state index contributed by atoms with van der Waals surface area (Å²) in [5.41, 5.74) is 0. The molecule has 0 spiro atoms. The highest BCUT2D eigenvalue weighted by atomic mass is 35.5. The van der Waals surface area contributed by atoms with Crippen LogP contribution in [0.15, 0.2) is 12.4 Å². The highest BCUT2D eigenvalue weighted by Crippen LogP contribution is 2.07. The molecule has 0 radical (unpaired) electrons. The second-order valence-electron chi connectivity index (χ2n) is 2.67. The molecule has 2 nitrogen and oxygen atoms in total. The maximum Gasteiger partial charge on any atom is 0.0785 e. The molecular weight excluding hydrogens is 180 g/mol. The summed E-state index contributed by atoms with van der Waals surface area (Å²) in [6.07, 6.45) is 3.47. The van der Waals surface area contributed by atoms with E-state index in [2.05, 4.69) is 24.7 Å². The third-order valence-electron chi connectivity index (χ3n) is 1.41. The van der Waals surface area contributed by atoms with E-state index in [1.54, 1.807) is 6.20 Å². The van der Waals surface area contributed by atoms with E-state index in [4.69, 9.17) is 11.6 Å². The van der Waals surface area contributed by atoms with Crippen LogP contribution in [0.2, 0.25) is 5.02 Å². The standard InChI is InChI=1S/C7H11ClN2S/c1-6(5-11)3-10-4-7(8)2-9-10/h2,4,6,11H,3,5H2,1H3. The summed E-state index contributed by atoms with van der Waals surface area (Å²) >= 11 is 9.86. The minimum Gasteiger partial charge on any atom is -0.271 e. The summed E-state index contributed by atoms with van der Waals surface area (Å²) in [5.74, 6) is 1.41. The van der Waals surface area contributed by atoms with Gasteiger partial charge in [-0.3, -0.25) is 4.68 Å². The van der Waals surface area contributed by atoms with Crippen LogP contribution in [-0.4, -0.2) is 15.5 Å². The fraction of sp³-hybridized carbons (Fsp3) is 0.571. The molecule has 62 valence electrons. The zero-order valence-corrected chi connectivity index (χ0v) is 8.02. The summed E-state index contributed by atoms with van der Waals surface area (Å²) in [6, 6.07) is 0. The summed E-state index contributed by atoms with van der Waals surface area (Å²) < 4.78 is 1.84. The largest absolute Gasteiger partial charge is 0.271 e. The smallest absolute Gasteiger partial charge is 0.0785 e. The molecule has 0 saturated heterocycles. The zero-order chi connectivity index (χ0) is 8.27. The molecule has 0 aliphatic heterocycles. The summed E-state index contributed by atoms with van der Waals surface area (Å²) in [5, 5.41) is 4.75. The Morgan fingerprint density at radius 1 is 1.82 bits per heavy atom. The van der Waals surface area contributed by atoms with Gasteiger partial charge in [-0.15, -0.1) is 0 Å². The van der Waals surface area contributed by atoms with Gasteiger partial charge in [0.05, 0.1) is 11.2 Å². The molecule has 0 aliphatic rings. The molecule has 0 aliphatic carbocycles. The normalized spacial score (nSPS) is 13.4. The Morgan fingerprint density at radius 3 is 3.00 bits per heavy atom. The van der Waals surface area contributed by atoms with Gasteiger partial charge < -0.3 is 0 Å². The van der Waals surface area contributed by atoms with Gasteiger partial charge in [0, 0.05) is 12.7 Å². The molecular formula is C7H11ClN2S. The number of aromatic nitrogens is 2. The summed E-state index contributed by atoms with van der Waals surface area (Å²) in [6.45, 7) is 3.01. The van der Waals surface area contributed by atoms with Gasteiger partial charge in [0.1, 0.15) is 0 Å².